The van der Waals surface area contributed by atoms with Gasteiger partial charge in [-0.25, -0.2) is 0 Å². The van der Waals surface area contributed by atoms with Crippen LogP contribution in [0.3, 0.4) is 0 Å². The van der Waals surface area contributed by atoms with Gasteiger partial charge in [0, 0.05) is 16.5 Å². The van der Waals surface area contributed by atoms with Gasteiger partial charge in [0.05, 0.1) is 11.0 Å². The third-order valence-electron chi connectivity index (χ3n) is 10.7. The normalized spacial score (nSPS) is 12.4. The molecule has 1 aromatic heterocycles. The molecular weight excluding hydrogens is 591 g/mol. The Kier molecular flexibility index (Phi) is 5.91. The van der Waals surface area contributed by atoms with Gasteiger partial charge in [0.15, 0.2) is 0 Å². The lowest BCUT2D eigenvalue weighted by molar-refractivity contribution is 0.591. The van der Waals surface area contributed by atoms with Gasteiger partial charge in [0.2, 0.25) is 0 Å². The van der Waals surface area contributed by atoms with Crippen LogP contribution in [0.25, 0.3) is 92.8 Å². The van der Waals surface area contributed by atoms with Crippen molar-refractivity contribution in [2.24, 2.45) is 0 Å². The molecule has 0 amide bonds. The Bertz CT molecular complexity index is 2820. The highest BCUT2D eigenvalue weighted by Gasteiger charge is 2.20. The first-order valence-corrected chi connectivity index (χ1v) is 17.3. The molecule has 0 spiro atoms. The predicted molar refractivity (Wildman–Crippen MR) is 212 cm³/mol. The van der Waals surface area contributed by atoms with Crippen LogP contribution in [0.1, 0.15) is 26.3 Å². The summed E-state index contributed by atoms with van der Waals surface area (Å²) in [5.41, 5.74) is 10.1. The van der Waals surface area contributed by atoms with Crippen LogP contribution in [-0.2, 0) is 5.41 Å². The second-order valence-electron chi connectivity index (χ2n) is 14.6. The van der Waals surface area contributed by atoms with Crippen molar-refractivity contribution in [2.45, 2.75) is 26.2 Å². The van der Waals surface area contributed by atoms with Gasteiger partial charge in [-0.05, 0) is 113 Å². The second kappa shape index (κ2) is 10.3. The molecule has 0 fully saturated rings. The van der Waals surface area contributed by atoms with Crippen molar-refractivity contribution in [1.29, 1.82) is 0 Å². The van der Waals surface area contributed by atoms with Crippen LogP contribution in [0.15, 0.2) is 158 Å². The van der Waals surface area contributed by atoms with Crippen molar-refractivity contribution in [3.8, 4) is 27.9 Å². The molecule has 1 heterocycles. The molecule has 9 aromatic carbocycles. The van der Waals surface area contributed by atoms with Gasteiger partial charge in [-0.2, -0.15) is 0 Å². The molecule has 0 bridgehead atoms. The number of rotatable bonds is 3. The van der Waals surface area contributed by atoms with E-state index in [2.05, 4.69) is 183 Å². The molecule has 0 unspecified atom stereocenters. The summed E-state index contributed by atoms with van der Waals surface area (Å²) in [6.45, 7) is 6.91. The van der Waals surface area contributed by atoms with Crippen molar-refractivity contribution in [2.75, 3.05) is 0 Å². The predicted octanol–water partition coefficient (Wildman–Crippen LogP) is 13.5. The fourth-order valence-electron chi connectivity index (χ4n) is 8.17. The summed E-state index contributed by atoms with van der Waals surface area (Å²) < 4.78 is 2.39. The average molecular weight is 626 g/mol. The monoisotopic (exact) mass is 625 g/mol. The summed E-state index contributed by atoms with van der Waals surface area (Å²) in [6, 6.07) is 58.9. The molecule has 0 radical (unpaired) electrons. The number of fused-ring (bicyclic) bond motifs is 4. The average Bonchev–Trinajstić information content (AvgIpc) is 3.47. The number of hydrogen-bond acceptors (Lipinski definition) is 0. The molecule has 0 aliphatic carbocycles. The Labute approximate surface area is 286 Å². The summed E-state index contributed by atoms with van der Waals surface area (Å²) in [7, 11) is 0. The minimum Gasteiger partial charge on any atom is -0.309 e. The van der Waals surface area contributed by atoms with E-state index in [4.69, 9.17) is 0 Å². The minimum absolute atomic E-state index is 0.0734. The fraction of sp³-hybridized carbons (Fsp3) is 0.0833. The highest BCUT2D eigenvalue weighted by Crippen LogP contribution is 2.45. The zero-order chi connectivity index (χ0) is 32.9. The van der Waals surface area contributed by atoms with E-state index in [1.807, 2.05) is 0 Å². The molecule has 232 valence electrons. The van der Waals surface area contributed by atoms with E-state index in [-0.39, 0.29) is 5.41 Å². The summed E-state index contributed by atoms with van der Waals surface area (Å²) in [4.78, 5) is 0. The molecule has 49 heavy (non-hydrogen) atoms. The van der Waals surface area contributed by atoms with Gasteiger partial charge in [-0.1, -0.05) is 142 Å². The van der Waals surface area contributed by atoms with Crippen molar-refractivity contribution < 1.29 is 0 Å². The van der Waals surface area contributed by atoms with Gasteiger partial charge < -0.3 is 4.57 Å². The molecule has 0 aliphatic heterocycles. The number of nitrogens with zero attached hydrogens (tertiary/aromatic N) is 1. The Morgan fingerprint density at radius 3 is 1.55 bits per heavy atom. The van der Waals surface area contributed by atoms with E-state index in [1.165, 1.54) is 98.4 Å². The van der Waals surface area contributed by atoms with Crippen molar-refractivity contribution >= 4 is 64.9 Å². The molecule has 0 aliphatic rings. The summed E-state index contributed by atoms with van der Waals surface area (Å²) in [6.07, 6.45) is 0. The number of para-hydroxylation sites is 2. The van der Waals surface area contributed by atoms with Crippen molar-refractivity contribution in [1.82, 2.24) is 4.57 Å². The summed E-state index contributed by atoms with van der Waals surface area (Å²) in [5, 5.41) is 13.0. The minimum atomic E-state index is 0.0734. The van der Waals surface area contributed by atoms with Crippen LogP contribution in [0.4, 0.5) is 0 Å². The molecule has 0 N–H and O–H groups in total. The first-order valence-electron chi connectivity index (χ1n) is 17.3. The third kappa shape index (κ3) is 4.25. The topological polar surface area (TPSA) is 4.93 Å². The van der Waals surface area contributed by atoms with Crippen LogP contribution in [0.2, 0.25) is 0 Å². The lowest BCUT2D eigenvalue weighted by atomic mass is 9.81. The van der Waals surface area contributed by atoms with Gasteiger partial charge in [-0.15, -0.1) is 0 Å². The van der Waals surface area contributed by atoms with Crippen molar-refractivity contribution in [3.63, 3.8) is 0 Å². The fourth-order valence-corrected chi connectivity index (χ4v) is 8.17. The SMILES string of the molecule is CC(C)(C)c1cc2ccc3c(-c4ccc(-n5c6ccccc6c6ccccc65)cc4)cc(-c4ccc5ccccc5c4)c4ccc(c1)c2c34. The molecule has 0 saturated carbocycles. The Balaban J connectivity index is 1.23. The Morgan fingerprint density at radius 2 is 0.918 bits per heavy atom. The Morgan fingerprint density at radius 1 is 0.388 bits per heavy atom. The van der Waals surface area contributed by atoms with Gasteiger partial charge in [0.1, 0.15) is 0 Å². The first kappa shape index (κ1) is 28.1. The maximum atomic E-state index is 2.43. The Hall–Kier alpha value is -5.92. The number of aromatic nitrogens is 1. The highest BCUT2D eigenvalue weighted by atomic mass is 15.0. The zero-order valence-corrected chi connectivity index (χ0v) is 28.0. The molecule has 10 rings (SSSR count). The van der Waals surface area contributed by atoms with Crippen LogP contribution < -0.4 is 0 Å². The van der Waals surface area contributed by atoms with E-state index in [0.717, 1.165) is 0 Å². The van der Waals surface area contributed by atoms with Gasteiger partial charge >= 0.3 is 0 Å². The molecular formula is C48H35N. The second-order valence-corrected chi connectivity index (χ2v) is 14.6. The molecule has 1 nitrogen and oxygen atoms in total. The number of hydrogen-bond donors (Lipinski definition) is 0. The number of benzene rings is 9. The van der Waals surface area contributed by atoms with Crippen LogP contribution in [0.5, 0.6) is 0 Å². The smallest absolute Gasteiger partial charge is 0.0541 e. The lowest BCUT2D eigenvalue weighted by Crippen LogP contribution is -2.10. The largest absolute Gasteiger partial charge is 0.309 e. The van der Waals surface area contributed by atoms with Crippen LogP contribution >= 0.6 is 0 Å². The van der Waals surface area contributed by atoms with E-state index in [9.17, 15) is 0 Å². The maximum Gasteiger partial charge on any atom is 0.0541 e. The molecule has 10 aromatic rings. The molecule has 1 heteroatoms. The lowest BCUT2D eigenvalue weighted by Gasteiger charge is -2.23. The van der Waals surface area contributed by atoms with E-state index in [0.29, 0.717) is 0 Å². The van der Waals surface area contributed by atoms with Crippen molar-refractivity contribution in [3.05, 3.63) is 163 Å². The molecule has 0 atom stereocenters. The highest BCUT2D eigenvalue weighted by molar-refractivity contribution is 6.28. The third-order valence-corrected chi connectivity index (χ3v) is 10.7. The zero-order valence-electron chi connectivity index (χ0n) is 28.0. The maximum absolute atomic E-state index is 2.43. The summed E-state index contributed by atoms with van der Waals surface area (Å²) in [5.74, 6) is 0. The molecule has 0 saturated heterocycles. The van der Waals surface area contributed by atoms with E-state index < -0.39 is 0 Å². The van der Waals surface area contributed by atoms with Crippen LogP contribution in [0, 0.1) is 0 Å². The van der Waals surface area contributed by atoms with E-state index >= 15 is 0 Å². The van der Waals surface area contributed by atoms with Gasteiger partial charge in [0.25, 0.3) is 0 Å². The van der Waals surface area contributed by atoms with E-state index in [1.54, 1.807) is 0 Å². The first-order chi connectivity index (χ1) is 23.9. The van der Waals surface area contributed by atoms with Gasteiger partial charge in [-0.3, -0.25) is 0 Å². The quantitative estimate of drug-likeness (QED) is 0.172. The standard InChI is InChI=1S/C48H35N/c1-48(2,3)36-27-34-20-24-40-42(31-18-22-37(23-19-31)49-44-14-8-6-12-38(44)39-13-7-9-15-45(39)49)29-43(41-25-21-35(28-36)46(34)47(40)41)33-17-16-30-10-4-5-11-32(30)26-33/h4-29H,1-3H3. The van der Waals surface area contributed by atoms with Crippen LogP contribution in [-0.4, -0.2) is 4.57 Å². The summed E-state index contributed by atoms with van der Waals surface area (Å²) >= 11 is 0.